The van der Waals surface area contributed by atoms with E-state index in [1.807, 2.05) is 0 Å². The monoisotopic (exact) mass is 269 g/mol. The molecule has 2 rings (SSSR count). The Morgan fingerprint density at radius 2 is 2.11 bits per heavy atom. The minimum Gasteiger partial charge on any atom is -0.310 e. The van der Waals surface area contributed by atoms with E-state index in [4.69, 9.17) is 11.6 Å². The average Bonchev–Trinajstić information content (AvgIpc) is 2.73. The van der Waals surface area contributed by atoms with Gasteiger partial charge in [-0.2, -0.15) is 0 Å². The molecule has 1 atom stereocenters. The highest BCUT2D eigenvalue weighted by Crippen LogP contribution is 2.41. The third-order valence-corrected chi connectivity index (χ3v) is 4.57. The second-order valence-electron chi connectivity index (χ2n) is 6.24. The topological polar surface area (TPSA) is 12.0 Å². The maximum absolute atomic E-state index is 13.9. The molecule has 1 fully saturated rings. The fraction of sp³-hybridized carbons (Fsp3) is 0.600. The van der Waals surface area contributed by atoms with Crippen molar-refractivity contribution in [3.63, 3.8) is 0 Å². The van der Waals surface area contributed by atoms with Crippen LogP contribution in [0.15, 0.2) is 18.2 Å². The molecule has 0 spiro atoms. The first-order chi connectivity index (χ1) is 8.36. The Balaban J connectivity index is 2.36. The molecule has 0 bridgehead atoms. The molecular weight excluding hydrogens is 249 g/mol. The van der Waals surface area contributed by atoms with Gasteiger partial charge in [0, 0.05) is 16.1 Å². The van der Waals surface area contributed by atoms with Crippen molar-refractivity contribution in [2.45, 2.75) is 45.6 Å². The van der Waals surface area contributed by atoms with Crippen LogP contribution in [-0.4, -0.2) is 12.1 Å². The molecule has 1 aromatic carbocycles. The van der Waals surface area contributed by atoms with Crippen LogP contribution in [0.2, 0.25) is 5.02 Å². The Bertz CT molecular complexity index is 410. The van der Waals surface area contributed by atoms with Crippen molar-refractivity contribution in [1.82, 2.24) is 5.32 Å². The van der Waals surface area contributed by atoms with Gasteiger partial charge in [-0.05, 0) is 43.4 Å². The van der Waals surface area contributed by atoms with Crippen LogP contribution in [0, 0.1) is 11.2 Å². The molecule has 1 nitrogen and oxygen atoms in total. The number of halogens is 2. The Labute approximate surface area is 114 Å². The minimum absolute atomic E-state index is 0.0567. The van der Waals surface area contributed by atoms with Gasteiger partial charge in [0.1, 0.15) is 5.82 Å². The highest BCUT2D eigenvalue weighted by Gasteiger charge is 2.44. The summed E-state index contributed by atoms with van der Waals surface area (Å²) in [6.45, 7) is 7.63. The van der Waals surface area contributed by atoms with Crippen molar-refractivity contribution < 1.29 is 4.39 Å². The van der Waals surface area contributed by atoms with Crippen molar-refractivity contribution in [2.75, 3.05) is 6.54 Å². The van der Waals surface area contributed by atoms with E-state index in [1.165, 1.54) is 6.07 Å². The van der Waals surface area contributed by atoms with Crippen molar-refractivity contribution in [2.24, 2.45) is 5.41 Å². The summed E-state index contributed by atoms with van der Waals surface area (Å²) in [5.74, 6) is -0.195. The van der Waals surface area contributed by atoms with E-state index in [0.717, 1.165) is 19.4 Å². The third-order valence-electron chi connectivity index (χ3n) is 4.22. The summed E-state index contributed by atoms with van der Waals surface area (Å²) in [6, 6.07) is 4.92. The maximum Gasteiger partial charge on any atom is 0.127 e. The number of rotatable bonds is 2. The van der Waals surface area contributed by atoms with Gasteiger partial charge in [-0.1, -0.05) is 38.4 Å². The van der Waals surface area contributed by atoms with E-state index in [1.54, 1.807) is 12.1 Å². The molecule has 0 saturated carbocycles. The Hall–Kier alpha value is -0.600. The van der Waals surface area contributed by atoms with Crippen LogP contribution in [0.3, 0.4) is 0 Å². The standard InChI is InChI=1S/C15H21ClFN/c1-14(2,3)15(8-5-9-18-15)10-11-12(16)6-4-7-13(11)17/h4,6-7,18H,5,8-10H2,1-3H3. The molecule has 0 radical (unpaired) electrons. The summed E-state index contributed by atoms with van der Waals surface area (Å²) in [7, 11) is 0. The van der Waals surface area contributed by atoms with Gasteiger partial charge in [-0.3, -0.25) is 0 Å². The number of nitrogens with one attached hydrogen (secondary N) is 1. The van der Waals surface area contributed by atoms with Gasteiger partial charge >= 0.3 is 0 Å². The second-order valence-corrected chi connectivity index (χ2v) is 6.65. The summed E-state index contributed by atoms with van der Waals surface area (Å²) in [5.41, 5.74) is 0.664. The molecule has 100 valence electrons. The largest absolute Gasteiger partial charge is 0.310 e. The SMILES string of the molecule is CC(C)(C)C1(Cc2c(F)cccc2Cl)CCCN1. The van der Waals surface area contributed by atoms with Gasteiger partial charge in [-0.25, -0.2) is 4.39 Å². The first kappa shape index (κ1) is 13.8. The van der Waals surface area contributed by atoms with Crippen molar-refractivity contribution in [3.8, 4) is 0 Å². The molecule has 0 aliphatic carbocycles. The zero-order valence-corrected chi connectivity index (χ0v) is 12.1. The first-order valence-corrected chi connectivity index (χ1v) is 6.91. The fourth-order valence-electron chi connectivity index (χ4n) is 2.87. The lowest BCUT2D eigenvalue weighted by Crippen LogP contribution is -2.52. The highest BCUT2D eigenvalue weighted by molar-refractivity contribution is 6.31. The van der Waals surface area contributed by atoms with Crippen LogP contribution >= 0.6 is 11.6 Å². The normalized spacial score (nSPS) is 24.5. The lowest BCUT2D eigenvalue weighted by molar-refractivity contribution is 0.158. The third kappa shape index (κ3) is 2.41. The second kappa shape index (κ2) is 4.82. The highest BCUT2D eigenvalue weighted by atomic mass is 35.5. The molecule has 1 aliphatic heterocycles. The summed E-state index contributed by atoms with van der Waals surface area (Å²) in [4.78, 5) is 0. The first-order valence-electron chi connectivity index (χ1n) is 6.54. The number of hydrogen-bond donors (Lipinski definition) is 1. The molecule has 1 unspecified atom stereocenters. The van der Waals surface area contributed by atoms with Crippen LogP contribution in [0.5, 0.6) is 0 Å². The van der Waals surface area contributed by atoms with E-state index in [-0.39, 0.29) is 16.8 Å². The van der Waals surface area contributed by atoms with E-state index < -0.39 is 0 Å². The van der Waals surface area contributed by atoms with Crippen LogP contribution in [0.4, 0.5) is 4.39 Å². The zero-order valence-electron chi connectivity index (χ0n) is 11.3. The van der Waals surface area contributed by atoms with Crippen molar-refractivity contribution in [3.05, 3.63) is 34.6 Å². The predicted molar refractivity (Wildman–Crippen MR) is 74.5 cm³/mol. The summed E-state index contributed by atoms with van der Waals surface area (Å²) in [6.07, 6.45) is 2.87. The molecule has 1 saturated heterocycles. The minimum atomic E-state index is -0.195. The zero-order chi connectivity index (χ0) is 13.4. The van der Waals surface area contributed by atoms with Crippen LogP contribution in [0.25, 0.3) is 0 Å². The van der Waals surface area contributed by atoms with Crippen LogP contribution in [-0.2, 0) is 6.42 Å². The quantitative estimate of drug-likeness (QED) is 0.849. The molecule has 0 aromatic heterocycles. The molecule has 3 heteroatoms. The number of benzene rings is 1. The lowest BCUT2D eigenvalue weighted by atomic mass is 9.69. The van der Waals surface area contributed by atoms with Gasteiger partial charge in [-0.15, -0.1) is 0 Å². The fourth-order valence-corrected chi connectivity index (χ4v) is 3.10. The van der Waals surface area contributed by atoms with E-state index in [2.05, 4.69) is 26.1 Å². The molecule has 18 heavy (non-hydrogen) atoms. The number of hydrogen-bond acceptors (Lipinski definition) is 1. The van der Waals surface area contributed by atoms with E-state index >= 15 is 0 Å². The Morgan fingerprint density at radius 3 is 2.61 bits per heavy atom. The van der Waals surface area contributed by atoms with Crippen molar-refractivity contribution >= 4 is 11.6 Å². The summed E-state index contributed by atoms with van der Waals surface area (Å²) < 4.78 is 13.9. The van der Waals surface area contributed by atoms with Gasteiger partial charge in [0.2, 0.25) is 0 Å². The predicted octanol–water partition coefficient (Wildman–Crippen LogP) is 4.19. The molecular formula is C15H21ClFN. The molecule has 1 N–H and O–H groups in total. The maximum atomic E-state index is 13.9. The smallest absolute Gasteiger partial charge is 0.127 e. The van der Waals surface area contributed by atoms with Gasteiger partial charge in [0.25, 0.3) is 0 Å². The molecule has 1 heterocycles. The molecule has 1 aliphatic rings. The average molecular weight is 270 g/mol. The van der Waals surface area contributed by atoms with E-state index in [0.29, 0.717) is 17.0 Å². The van der Waals surface area contributed by atoms with Gasteiger partial charge in [0.15, 0.2) is 0 Å². The Kier molecular flexibility index (Phi) is 3.70. The van der Waals surface area contributed by atoms with Crippen LogP contribution < -0.4 is 5.32 Å². The summed E-state index contributed by atoms with van der Waals surface area (Å²) >= 11 is 6.15. The van der Waals surface area contributed by atoms with E-state index in [9.17, 15) is 4.39 Å². The lowest BCUT2D eigenvalue weighted by Gasteiger charge is -2.42. The summed E-state index contributed by atoms with van der Waals surface area (Å²) in [5, 5.41) is 4.12. The van der Waals surface area contributed by atoms with Crippen LogP contribution in [0.1, 0.15) is 39.2 Å². The van der Waals surface area contributed by atoms with Crippen molar-refractivity contribution in [1.29, 1.82) is 0 Å². The molecule has 0 amide bonds. The van der Waals surface area contributed by atoms with Gasteiger partial charge in [0.05, 0.1) is 0 Å². The van der Waals surface area contributed by atoms with Gasteiger partial charge < -0.3 is 5.32 Å². The molecule has 1 aromatic rings. The Morgan fingerprint density at radius 1 is 1.39 bits per heavy atom.